The molecule has 1 aliphatic carbocycles. The number of non-ortho nitro benzene ring substituents is 1. The molecule has 5 nitrogen and oxygen atoms in total. The molecule has 0 aromatic heterocycles. The normalized spacial score (nSPS) is 14.7. The van der Waals surface area contributed by atoms with Gasteiger partial charge in [0.2, 0.25) is 0 Å². The Hall–Kier alpha value is -2.56. The number of carbonyl (C=O) groups is 2. The second kappa shape index (κ2) is 4.13. The lowest BCUT2D eigenvalue weighted by molar-refractivity contribution is -0.384. The lowest BCUT2D eigenvalue weighted by Gasteiger charge is -2.06. The van der Waals surface area contributed by atoms with E-state index < -0.39 is 4.92 Å². The molecule has 0 atom stereocenters. The molecular weight excluding hydrogens is 222 g/mol. The van der Waals surface area contributed by atoms with Crippen molar-refractivity contribution in [2.24, 2.45) is 0 Å². The van der Waals surface area contributed by atoms with Gasteiger partial charge in [-0.2, -0.15) is 0 Å². The summed E-state index contributed by atoms with van der Waals surface area (Å²) >= 11 is 0. The maximum Gasteiger partial charge on any atom is 0.269 e. The van der Waals surface area contributed by atoms with Crippen LogP contribution in [0.15, 0.2) is 42.5 Å². The largest absolute Gasteiger partial charge is 0.290 e. The first-order valence-corrected chi connectivity index (χ1v) is 4.81. The molecule has 0 bridgehead atoms. The van der Waals surface area contributed by atoms with Crippen LogP contribution < -0.4 is 0 Å². The van der Waals surface area contributed by atoms with Crippen molar-refractivity contribution in [1.29, 1.82) is 0 Å². The van der Waals surface area contributed by atoms with Gasteiger partial charge in [-0.1, -0.05) is 0 Å². The van der Waals surface area contributed by atoms with Crippen LogP contribution in [0.3, 0.4) is 0 Å². The van der Waals surface area contributed by atoms with E-state index in [0.29, 0.717) is 5.56 Å². The van der Waals surface area contributed by atoms with Gasteiger partial charge in [-0.25, -0.2) is 0 Å². The molecule has 2 rings (SSSR count). The van der Waals surface area contributed by atoms with E-state index in [1.54, 1.807) is 0 Å². The average molecular weight is 229 g/mol. The standard InChI is InChI=1S/C12H7NO4/c14-10-5-6-12(15)11(7-10)8-1-3-9(4-2-8)13(16)17/h1-7H. The smallest absolute Gasteiger partial charge is 0.269 e. The van der Waals surface area contributed by atoms with Crippen LogP contribution in [-0.4, -0.2) is 16.5 Å². The van der Waals surface area contributed by atoms with Gasteiger partial charge in [0.15, 0.2) is 11.6 Å². The molecule has 5 heteroatoms. The SMILES string of the molecule is O=C1C=CC(=O)C(c2ccc([N+](=O)[O-])cc2)=C1. The number of hydrogen-bond donors (Lipinski definition) is 0. The highest BCUT2D eigenvalue weighted by Crippen LogP contribution is 2.21. The quantitative estimate of drug-likeness (QED) is 0.439. The number of nitro groups is 1. The highest BCUT2D eigenvalue weighted by atomic mass is 16.6. The summed E-state index contributed by atoms with van der Waals surface area (Å²) in [5.74, 6) is -0.545. The fraction of sp³-hybridized carbons (Fsp3) is 0. The summed E-state index contributed by atoms with van der Waals surface area (Å²) in [6, 6.07) is 5.50. The van der Waals surface area contributed by atoms with Crippen LogP contribution in [0, 0.1) is 10.1 Å². The average Bonchev–Trinajstić information content (AvgIpc) is 2.32. The zero-order valence-electron chi connectivity index (χ0n) is 8.62. The highest BCUT2D eigenvalue weighted by molar-refractivity contribution is 6.33. The maximum atomic E-state index is 11.5. The van der Waals surface area contributed by atoms with E-state index >= 15 is 0 Å². The van der Waals surface area contributed by atoms with Gasteiger partial charge in [0, 0.05) is 17.7 Å². The van der Waals surface area contributed by atoms with Crippen LogP contribution in [0.1, 0.15) is 5.56 Å². The Kier molecular flexibility index (Phi) is 2.66. The number of hydrogen-bond acceptors (Lipinski definition) is 4. The first kappa shape index (κ1) is 10.9. The Balaban J connectivity index is 2.38. The maximum absolute atomic E-state index is 11.5. The summed E-state index contributed by atoms with van der Waals surface area (Å²) in [4.78, 5) is 32.6. The van der Waals surface area contributed by atoms with Crippen molar-refractivity contribution in [3.8, 4) is 0 Å². The minimum atomic E-state index is -0.522. The molecule has 84 valence electrons. The van der Waals surface area contributed by atoms with Gasteiger partial charge in [0.25, 0.3) is 5.69 Å². The summed E-state index contributed by atoms with van der Waals surface area (Å²) in [7, 11) is 0. The Morgan fingerprint density at radius 3 is 2.24 bits per heavy atom. The van der Waals surface area contributed by atoms with E-state index in [9.17, 15) is 19.7 Å². The molecule has 0 spiro atoms. The van der Waals surface area contributed by atoms with Crippen molar-refractivity contribution in [2.75, 3.05) is 0 Å². The predicted molar refractivity (Wildman–Crippen MR) is 60.2 cm³/mol. The molecule has 1 aromatic rings. The second-order valence-corrected chi connectivity index (χ2v) is 3.46. The number of nitrogens with zero attached hydrogens (tertiary/aromatic N) is 1. The van der Waals surface area contributed by atoms with Crippen LogP contribution in [-0.2, 0) is 9.59 Å². The van der Waals surface area contributed by atoms with Gasteiger partial charge in [-0.15, -0.1) is 0 Å². The number of ketones is 2. The molecule has 0 N–H and O–H groups in total. The van der Waals surface area contributed by atoms with Crippen LogP contribution >= 0.6 is 0 Å². The summed E-state index contributed by atoms with van der Waals surface area (Å²) in [6.45, 7) is 0. The fourth-order valence-electron chi connectivity index (χ4n) is 1.50. The summed E-state index contributed by atoms with van der Waals surface area (Å²) in [6.07, 6.45) is 3.61. The molecule has 0 saturated heterocycles. The lowest BCUT2D eigenvalue weighted by atomic mass is 9.96. The van der Waals surface area contributed by atoms with Crippen molar-refractivity contribution in [2.45, 2.75) is 0 Å². The van der Waals surface area contributed by atoms with E-state index in [-0.39, 0.29) is 22.8 Å². The zero-order chi connectivity index (χ0) is 12.4. The molecule has 0 aliphatic heterocycles. The van der Waals surface area contributed by atoms with Gasteiger partial charge in [-0.3, -0.25) is 19.7 Å². The molecule has 0 fully saturated rings. The first-order valence-electron chi connectivity index (χ1n) is 4.81. The lowest BCUT2D eigenvalue weighted by Crippen LogP contribution is -2.06. The third-order valence-corrected chi connectivity index (χ3v) is 2.34. The van der Waals surface area contributed by atoms with E-state index in [1.165, 1.54) is 42.5 Å². The van der Waals surface area contributed by atoms with Crippen LogP contribution in [0.4, 0.5) is 5.69 Å². The molecule has 0 saturated carbocycles. The van der Waals surface area contributed by atoms with Crippen LogP contribution in [0.25, 0.3) is 5.57 Å². The summed E-state index contributed by atoms with van der Waals surface area (Å²) < 4.78 is 0. The number of carbonyl (C=O) groups excluding carboxylic acids is 2. The van der Waals surface area contributed by atoms with Gasteiger partial charge in [-0.05, 0) is 35.9 Å². The third-order valence-electron chi connectivity index (χ3n) is 2.34. The van der Waals surface area contributed by atoms with E-state index in [4.69, 9.17) is 0 Å². The monoisotopic (exact) mass is 229 g/mol. The van der Waals surface area contributed by atoms with Crippen LogP contribution in [0.5, 0.6) is 0 Å². The van der Waals surface area contributed by atoms with Crippen molar-refractivity contribution < 1.29 is 14.5 Å². The zero-order valence-corrected chi connectivity index (χ0v) is 8.62. The number of benzene rings is 1. The molecular formula is C12H7NO4. The fourth-order valence-corrected chi connectivity index (χ4v) is 1.50. The predicted octanol–water partition coefficient (Wildman–Crippen LogP) is 1.69. The van der Waals surface area contributed by atoms with Crippen LogP contribution in [0.2, 0.25) is 0 Å². The van der Waals surface area contributed by atoms with Crippen molar-refractivity contribution in [1.82, 2.24) is 0 Å². The van der Waals surface area contributed by atoms with E-state index in [2.05, 4.69) is 0 Å². The minimum Gasteiger partial charge on any atom is -0.290 e. The molecule has 1 aromatic carbocycles. The Bertz CT molecular complexity index is 567. The van der Waals surface area contributed by atoms with Gasteiger partial charge < -0.3 is 0 Å². The number of allylic oxidation sites excluding steroid dienone is 4. The van der Waals surface area contributed by atoms with Crippen molar-refractivity contribution >= 4 is 22.8 Å². The molecule has 0 amide bonds. The molecule has 0 unspecified atom stereocenters. The summed E-state index contributed by atoms with van der Waals surface area (Å²) in [5, 5.41) is 10.5. The minimum absolute atomic E-state index is 0.0560. The van der Waals surface area contributed by atoms with Gasteiger partial charge in [0.05, 0.1) is 4.92 Å². The molecule has 0 radical (unpaired) electrons. The highest BCUT2D eigenvalue weighted by Gasteiger charge is 2.15. The Labute approximate surface area is 96.2 Å². The van der Waals surface area contributed by atoms with Crippen molar-refractivity contribution in [3.05, 3.63) is 58.2 Å². The molecule has 0 heterocycles. The number of rotatable bonds is 2. The first-order chi connectivity index (χ1) is 8.08. The second-order valence-electron chi connectivity index (χ2n) is 3.46. The molecule has 1 aliphatic rings. The van der Waals surface area contributed by atoms with E-state index in [0.717, 1.165) is 0 Å². The van der Waals surface area contributed by atoms with E-state index in [1.807, 2.05) is 0 Å². The Morgan fingerprint density at radius 2 is 1.65 bits per heavy atom. The van der Waals surface area contributed by atoms with Gasteiger partial charge >= 0.3 is 0 Å². The number of nitro benzene ring substituents is 1. The van der Waals surface area contributed by atoms with Gasteiger partial charge in [0.1, 0.15) is 0 Å². The van der Waals surface area contributed by atoms with Crippen molar-refractivity contribution in [3.63, 3.8) is 0 Å². The Morgan fingerprint density at radius 1 is 1.00 bits per heavy atom. The molecule has 17 heavy (non-hydrogen) atoms. The summed E-state index contributed by atoms with van der Waals surface area (Å²) in [5.41, 5.74) is 0.699. The topological polar surface area (TPSA) is 77.3 Å². The third kappa shape index (κ3) is 2.17.